The van der Waals surface area contributed by atoms with Gasteiger partial charge in [-0.3, -0.25) is 9.80 Å². The third kappa shape index (κ3) is 5.77. The van der Waals surface area contributed by atoms with Crippen LogP contribution in [0.25, 0.3) is 0 Å². The van der Waals surface area contributed by atoms with Gasteiger partial charge < -0.3 is 20.0 Å². The Balaban J connectivity index is 1.52. The Hall–Kier alpha value is -3.63. The van der Waals surface area contributed by atoms with E-state index in [4.69, 9.17) is 21.4 Å². The lowest BCUT2D eigenvalue weighted by Gasteiger charge is -2.34. The molecule has 1 amide bonds. The first kappa shape index (κ1) is 25.5. The number of thioether (sulfide) groups is 1. The number of phenolic OH excluding ortho intramolecular Hbond substituents is 1. The van der Waals surface area contributed by atoms with E-state index in [1.165, 1.54) is 31.0 Å². The highest BCUT2D eigenvalue weighted by Gasteiger charge is 2.31. The summed E-state index contributed by atoms with van der Waals surface area (Å²) in [5, 5.41) is 26.8. The molecule has 2 atom stereocenters. The summed E-state index contributed by atoms with van der Waals surface area (Å²) in [5.41, 5.74) is 3.20. The molecule has 0 saturated carbocycles. The fraction of sp³-hybridized carbons (Fsp3) is 0.240. The van der Waals surface area contributed by atoms with E-state index in [0.29, 0.717) is 18.0 Å². The number of amides is 1. The van der Waals surface area contributed by atoms with Gasteiger partial charge in [0.15, 0.2) is 28.6 Å². The Labute approximate surface area is 217 Å². The average molecular weight is 526 g/mol. The van der Waals surface area contributed by atoms with Gasteiger partial charge in [-0.15, -0.1) is 22.0 Å². The van der Waals surface area contributed by atoms with Crippen molar-refractivity contribution in [1.29, 1.82) is 0 Å². The SMILES string of the molecule is CCC1SC(C=O)N(Cc2ccc(NC(=O)c3ccc(Cl)nn3)cc2)N=C1c1ccc(OC)c(O)c1. The van der Waals surface area contributed by atoms with Gasteiger partial charge in [-0.25, -0.2) is 0 Å². The summed E-state index contributed by atoms with van der Waals surface area (Å²) in [4.78, 5) is 24.2. The van der Waals surface area contributed by atoms with Gasteiger partial charge in [0.05, 0.1) is 24.6 Å². The van der Waals surface area contributed by atoms with Gasteiger partial charge in [-0.2, -0.15) is 5.10 Å². The standard InChI is InChI=1S/C25H24ClN5O4S/c1-3-21-24(16-6-10-20(35-2)19(33)12-16)30-31(23(14-32)36-21)13-15-4-7-17(8-5-15)27-25(34)18-9-11-22(26)29-28-18/h4-12,14,21,23,33H,3,13H2,1-2H3,(H,27,34). The molecular weight excluding hydrogens is 502 g/mol. The molecule has 1 aromatic heterocycles. The zero-order valence-corrected chi connectivity index (χ0v) is 21.2. The van der Waals surface area contributed by atoms with Crippen LogP contribution in [0, 0.1) is 0 Å². The second-order valence-electron chi connectivity index (χ2n) is 7.92. The number of aromatic hydroxyl groups is 1. The summed E-state index contributed by atoms with van der Waals surface area (Å²) in [5.74, 6) is 0.0144. The number of benzene rings is 2. The molecule has 0 aliphatic carbocycles. The maximum absolute atomic E-state index is 12.4. The molecule has 0 fully saturated rings. The normalized spacial score (nSPS) is 17.3. The number of aldehydes is 1. The number of hydrogen-bond donors (Lipinski definition) is 2. The summed E-state index contributed by atoms with van der Waals surface area (Å²) in [6, 6.07) is 15.4. The predicted octanol–water partition coefficient (Wildman–Crippen LogP) is 4.35. The summed E-state index contributed by atoms with van der Waals surface area (Å²) >= 11 is 7.24. The number of methoxy groups -OCH3 is 1. The Morgan fingerprint density at radius 1 is 1.19 bits per heavy atom. The molecule has 36 heavy (non-hydrogen) atoms. The Kier molecular flexibility index (Phi) is 8.07. The van der Waals surface area contributed by atoms with Crippen molar-refractivity contribution in [2.24, 2.45) is 5.10 Å². The molecule has 1 aliphatic heterocycles. The van der Waals surface area contributed by atoms with Crippen molar-refractivity contribution < 1.29 is 19.4 Å². The van der Waals surface area contributed by atoms with Crippen LogP contribution < -0.4 is 10.1 Å². The van der Waals surface area contributed by atoms with Gasteiger partial charge >= 0.3 is 0 Å². The Morgan fingerprint density at radius 3 is 2.58 bits per heavy atom. The molecule has 186 valence electrons. The van der Waals surface area contributed by atoms with Crippen molar-refractivity contribution in [2.75, 3.05) is 12.4 Å². The number of hydrazone groups is 1. The zero-order valence-electron chi connectivity index (χ0n) is 19.6. The predicted molar refractivity (Wildman–Crippen MR) is 140 cm³/mol. The first-order valence-corrected chi connectivity index (χ1v) is 12.5. The minimum Gasteiger partial charge on any atom is -0.504 e. The monoisotopic (exact) mass is 525 g/mol. The second-order valence-corrected chi connectivity index (χ2v) is 9.63. The molecule has 3 aromatic rings. The van der Waals surface area contributed by atoms with E-state index in [1.807, 2.05) is 25.1 Å². The number of ether oxygens (including phenoxy) is 1. The summed E-state index contributed by atoms with van der Waals surface area (Å²) in [7, 11) is 1.50. The number of rotatable bonds is 8. The molecule has 4 rings (SSSR count). The van der Waals surface area contributed by atoms with Gasteiger partial charge in [0.25, 0.3) is 5.91 Å². The number of anilines is 1. The highest BCUT2D eigenvalue weighted by atomic mass is 35.5. The lowest BCUT2D eigenvalue weighted by atomic mass is 10.0. The molecule has 11 heteroatoms. The molecule has 2 N–H and O–H groups in total. The fourth-order valence-electron chi connectivity index (χ4n) is 3.69. The summed E-state index contributed by atoms with van der Waals surface area (Å²) in [6.07, 6.45) is 1.67. The van der Waals surface area contributed by atoms with E-state index in [9.17, 15) is 14.7 Å². The topological polar surface area (TPSA) is 117 Å². The number of carbonyl (C=O) groups is 2. The Bertz CT molecular complexity index is 1270. The number of carbonyl (C=O) groups excluding carboxylic acids is 2. The molecule has 0 bridgehead atoms. The number of aromatic nitrogens is 2. The van der Waals surface area contributed by atoms with E-state index < -0.39 is 11.3 Å². The minimum absolute atomic E-state index is 0.00204. The van der Waals surface area contributed by atoms with Crippen molar-refractivity contribution >= 4 is 47.0 Å². The molecule has 0 saturated heterocycles. The van der Waals surface area contributed by atoms with E-state index in [1.54, 1.807) is 29.3 Å². The van der Waals surface area contributed by atoms with Crippen LogP contribution in [0.5, 0.6) is 11.5 Å². The van der Waals surface area contributed by atoms with E-state index in [0.717, 1.165) is 29.5 Å². The lowest BCUT2D eigenvalue weighted by molar-refractivity contribution is -0.110. The van der Waals surface area contributed by atoms with Crippen molar-refractivity contribution in [3.8, 4) is 11.5 Å². The van der Waals surface area contributed by atoms with Crippen molar-refractivity contribution in [3.05, 3.63) is 76.6 Å². The summed E-state index contributed by atoms with van der Waals surface area (Å²) < 4.78 is 5.15. The molecular formula is C25H24ClN5O4S. The largest absolute Gasteiger partial charge is 0.504 e. The van der Waals surface area contributed by atoms with Crippen molar-refractivity contribution in [1.82, 2.24) is 15.2 Å². The van der Waals surface area contributed by atoms with Crippen LogP contribution in [0.3, 0.4) is 0 Å². The van der Waals surface area contributed by atoms with Gasteiger partial charge in [0.1, 0.15) is 5.37 Å². The van der Waals surface area contributed by atoms with Gasteiger partial charge in [-0.1, -0.05) is 30.7 Å². The highest BCUT2D eigenvalue weighted by Crippen LogP contribution is 2.35. The van der Waals surface area contributed by atoms with Crippen LogP contribution in [0.15, 0.2) is 59.7 Å². The first-order valence-electron chi connectivity index (χ1n) is 11.1. The quantitative estimate of drug-likeness (QED) is 0.417. The zero-order chi connectivity index (χ0) is 25.7. The molecule has 2 unspecified atom stereocenters. The molecule has 2 aromatic carbocycles. The van der Waals surface area contributed by atoms with Crippen LogP contribution in [-0.2, 0) is 11.3 Å². The lowest BCUT2D eigenvalue weighted by Crippen LogP contribution is -2.39. The number of hydrogen-bond acceptors (Lipinski definition) is 9. The number of halogens is 1. The summed E-state index contributed by atoms with van der Waals surface area (Å²) in [6.45, 7) is 2.42. The first-order chi connectivity index (χ1) is 17.4. The maximum atomic E-state index is 12.4. The molecule has 0 radical (unpaired) electrons. The van der Waals surface area contributed by atoms with Crippen LogP contribution in [0.4, 0.5) is 5.69 Å². The second kappa shape index (κ2) is 11.4. The maximum Gasteiger partial charge on any atom is 0.276 e. The number of nitrogens with zero attached hydrogens (tertiary/aromatic N) is 4. The third-order valence-corrected chi connectivity index (χ3v) is 7.24. The minimum atomic E-state index is -0.451. The van der Waals surface area contributed by atoms with Crippen LogP contribution >= 0.6 is 23.4 Å². The van der Waals surface area contributed by atoms with E-state index in [2.05, 4.69) is 15.5 Å². The fourth-order valence-corrected chi connectivity index (χ4v) is 4.95. The highest BCUT2D eigenvalue weighted by molar-refractivity contribution is 8.01. The van der Waals surface area contributed by atoms with Gasteiger partial charge in [0.2, 0.25) is 0 Å². The van der Waals surface area contributed by atoms with Crippen molar-refractivity contribution in [2.45, 2.75) is 30.5 Å². The van der Waals surface area contributed by atoms with E-state index in [-0.39, 0.29) is 21.8 Å². The van der Waals surface area contributed by atoms with Crippen molar-refractivity contribution in [3.63, 3.8) is 0 Å². The number of nitrogens with one attached hydrogen (secondary N) is 1. The molecule has 1 aliphatic rings. The smallest absolute Gasteiger partial charge is 0.276 e. The van der Waals surface area contributed by atoms with Crippen LogP contribution in [0.1, 0.15) is 35.0 Å². The van der Waals surface area contributed by atoms with Gasteiger partial charge in [0, 0.05) is 11.3 Å². The van der Waals surface area contributed by atoms with Crippen LogP contribution in [-0.4, -0.2) is 56.0 Å². The molecule has 2 heterocycles. The van der Waals surface area contributed by atoms with Gasteiger partial charge in [-0.05, 0) is 54.4 Å². The number of phenols is 1. The Morgan fingerprint density at radius 2 is 1.97 bits per heavy atom. The van der Waals surface area contributed by atoms with Crippen LogP contribution in [0.2, 0.25) is 5.15 Å². The van der Waals surface area contributed by atoms with E-state index >= 15 is 0 Å². The molecule has 9 nitrogen and oxygen atoms in total. The third-order valence-electron chi connectivity index (χ3n) is 5.52. The average Bonchev–Trinajstić information content (AvgIpc) is 2.89. The molecule has 0 spiro atoms.